The summed E-state index contributed by atoms with van der Waals surface area (Å²) in [4.78, 5) is 16.7. The summed E-state index contributed by atoms with van der Waals surface area (Å²) >= 11 is 0. The monoisotopic (exact) mass is 339 g/mol. The van der Waals surface area contributed by atoms with Gasteiger partial charge in [-0.1, -0.05) is 25.0 Å². The minimum absolute atomic E-state index is 0.0860. The first-order chi connectivity index (χ1) is 12.3. The summed E-state index contributed by atoms with van der Waals surface area (Å²) in [6.07, 6.45) is 10.5. The van der Waals surface area contributed by atoms with E-state index in [-0.39, 0.29) is 18.6 Å². The predicted molar refractivity (Wildman–Crippen MR) is 97.4 cm³/mol. The van der Waals surface area contributed by atoms with Gasteiger partial charge < -0.3 is 14.6 Å². The number of fused-ring (bicyclic) bond motifs is 1. The summed E-state index contributed by atoms with van der Waals surface area (Å²) in [6.45, 7) is 1.21. The zero-order valence-corrected chi connectivity index (χ0v) is 14.5. The molecule has 0 spiro atoms. The second kappa shape index (κ2) is 7.40. The van der Waals surface area contributed by atoms with Crippen LogP contribution in [0.2, 0.25) is 0 Å². The number of imidazole rings is 1. The van der Waals surface area contributed by atoms with Crippen molar-refractivity contribution >= 4 is 11.6 Å². The Kier molecular flexibility index (Phi) is 4.83. The zero-order chi connectivity index (χ0) is 17.1. The first-order valence-electron chi connectivity index (χ1n) is 9.36. The quantitative estimate of drug-likeness (QED) is 0.902. The summed E-state index contributed by atoms with van der Waals surface area (Å²) in [7, 11) is 0. The first kappa shape index (κ1) is 16.3. The molecule has 1 aromatic heterocycles. The number of aryl methyl sites for hydroxylation is 2. The molecule has 1 N–H and O–H groups in total. The molecule has 0 radical (unpaired) electrons. The number of amides is 1. The van der Waals surface area contributed by atoms with Crippen molar-refractivity contribution in [3.63, 3.8) is 0 Å². The van der Waals surface area contributed by atoms with Crippen LogP contribution >= 0.6 is 0 Å². The van der Waals surface area contributed by atoms with Crippen LogP contribution in [0.4, 0.5) is 5.69 Å². The Morgan fingerprint density at radius 2 is 1.96 bits per heavy atom. The number of ether oxygens (including phenoxy) is 1. The van der Waals surface area contributed by atoms with Crippen LogP contribution in [0.3, 0.4) is 0 Å². The van der Waals surface area contributed by atoms with Crippen molar-refractivity contribution in [1.29, 1.82) is 0 Å². The van der Waals surface area contributed by atoms with Gasteiger partial charge in [0.25, 0.3) is 0 Å². The van der Waals surface area contributed by atoms with E-state index in [0.29, 0.717) is 0 Å². The van der Waals surface area contributed by atoms with Crippen LogP contribution in [0.25, 0.3) is 11.3 Å². The Morgan fingerprint density at radius 1 is 1.16 bits per heavy atom. The van der Waals surface area contributed by atoms with Crippen molar-refractivity contribution in [1.82, 2.24) is 9.55 Å². The van der Waals surface area contributed by atoms with Crippen molar-refractivity contribution in [2.75, 3.05) is 11.9 Å². The van der Waals surface area contributed by atoms with Crippen LogP contribution in [0.1, 0.15) is 44.3 Å². The minimum Gasteiger partial charge on any atom is -0.368 e. The average Bonchev–Trinajstić information content (AvgIpc) is 3.30. The number of rotatable bonds is 5. The van der Waals surface area contributed by atoms with Gasteiger partial charge in [-0.15, -0.1) is 0 Å². The van der Waals surface area contributed by atoms with Gasteiger partial charge in [-0.05, 0) is 37.8 Å². The van der Waals surface area contributed by atoms with Crippen LogP contribution in [0.15, 0.2) is 30.5 Å². The Bertz CT molecular complexity index is 706. The van der Waals surface area contributed by atoms with Gasteiger partial charge in [0, 0.05) is 30.4 Å². The van der Waals surface area contributed by atoms with E-state index in [0.717, 1.165) is 42.8 Å². The molecule has 0 unspecified atom stereocenters. The Hall–Kier alpha value is -2.14. The third kappa shape index (κ3) is 3.93. The largest absolute Gasteiger partial charge is 0.368 e. The van der Waals surface area contributed by atoms with Gasteiger partial charge in [0.15, 0.2) is 0 Å². The topological polar surface area (TPSA) is 56.1 Å². The lowest BCUT2D eigenvalue weighted by atomic mass is 10.1. The average molecular weight is 339 g/mol. The van der Waals surface area contributed by atoms with Crippen LogP contribution in [0, 0.1) is 0 Å². The second-order valence-electron chi connectivity index (χ2n) is 7.04. The molecule has 1 amide bonds. The third-order valence-corrected chi connectivity index (χ3v) is 5.13. The highest BCUT2D eigenvalue weighted by molar-refractivity contribution is 5.91. The summed E-state index contributed by atoms with van der Waals surface area (Å²) < 4.78 is 7.91. The van der Waals surface area contributed by atoms with Gasteiger partial charge in [-0.3, -0.25) is 4.79 Å². The van der Waals surface area contributed by atoms with Crippen LogP contribution in [0.5, 0.6) is 0 Å². The summed E-state index contributed by atoms with van der Waals surface area (Å²) in [5.74, 6) is 1.10. The summed E-state index contributed by atoms with van der Waals surface area (Å²) in [6, 6.07) is 7.89. The van der Waals surface area contributed by atoms with Crippen molar-refractivity contribution in [3.05, 3.63) is 36.3 Å². The number of carbonyl (C=O) groups is 1. The molecule has 1 aromatic carbocycles. The highest BCUT2D eigenvalue weighted by Crippen LogP contribution is 2.24. The van der Waals surface area contributed by atoms with E-state index >= 15 is 0 Å². The van der Waals surface area contributed by atoms with Crippen molar-refractivity contribution in [2.45, 2.75) is 57.6 Å². The number of aromatic nitrogens is 2. The number of nitrogens with zero attached hydrogens (tertiary/aromatic N) is 2. The highest BCUT2D eigenvalue weighted by Gasteiger charge is 2.17. The maximum Gasteiger partial charge on any atom is 0.250 e. The Balaban J connectivity index is 1.35. The molecular weight excluding hydrogens is 314 g/mol. The number of hydrogen-bond donors (Lipinski definition) is 1. The van der Waals surface area contributed by atoms with Gasteiger partial charge >= 0.3 is 0 Å². The van der Waals surface area contributed by atoms with Gasteiger partial charge in [0.05, 0.1) is 11.8 Å². The third-order valence-electron chi connectivity index (χ3n) is 5.13. The van der Waals surface area contributed by atoms with Crippen molar-refractivity contribution < 1.29 is 9.53 Å². The van der Waals surface area contributed by atoms with Gasteiger partial charge in [-0.25, -0.2) is 4.98 Å². The van der Waals surface area contributed by atoms with Gasteiger partial charge in [0.1, 0.15) is 12.4 Å². The molecule has 5 nitrogen and oxygen atoms in total. The molecule has 132 valence electrons. The molecule has 0 bridgehead atoms. The standard InChI is InChI=1S/C20H25N3O2/c24-20(14-25-17-5-1-2-6-17)21-16-10-8-15(9-11-16)18-13-23-12-4-3-7-19(23)22-18/h8-11,13,17H,1-7,12,14H2,(H,21,24). The van der Waals surface area contributed by atoms with Crippen LogP contribution in [-0.2, 0) is 22.5 Å². The summed E-state index contributed by atoms with van der Waals surface area (Å²) in [5, 5.41) is 2.90. The second-order valence-corrected chi connectivity index (χ2v) is 7.04. The maximum atomic E-state index is 12.0. The number of hydrogen-bond acceptors (Lipinski definition) is 3. The van der Waals surface area contributed by atoms with Crippen molar-refractivity contribution in [2.24, 2.45) is 0 Å². The molecule has 2 aromatic rings. The first-order valence-corrected chi connectivity index (χ1v) is 9.36. The van der Waals surface area contributed by atoms with Gasteiger partial charge in [0.2, 0.25) is 5.91 Å². The predicted octanol–water partition coefficient (Wildman–Crippen LogP) is 3.78. The molecule has 5 heteroatoms. The van der Waals surface area contributed by atoms with Crippen LogP contribution < -0.4 is 5.32 Å². The lowest BCUT2D eigenvalue weighted by Gasteiger charge is -2.11. The minimum atomic E-state index is -0.0860. The van der Waals surface area contributed by atoms with E-state index < -0.39 is 0 Å². The molecule has 1 aliphatic carbocycles. The Morgan fingerprint density at radius 3 is 2.72 bits per heavy atom. The van der Waals surface area contributed by atoms with Gasteiger partial charge in [-0.2, -0.15) is 0 Å². The van der Waals surface area contributed by atoms with E-state index in [9.17, 15) is 4.79 Å². The fourth-order valence-electron chi connectivity index (χ4n) is 3.72. The number of nitrogens with one attached hydrogen (secondary N) is 1. The van der Waals surface area contributed by atoms with E-state index in [2.05, 4.69) is 16.1 Å². The van der Waals surface area contributed by atoms with E-state index in [4.69, 9.17) is 9.72 Å². The fourth-order valence-corrected chi connectivity index (χ4v) is 3.72. The smallest absolute Gasteiger partial charge is 0.250 e. The molecule has 0 atom stereocenters. The van der Waals surface area contributed by atoms with E-state index in [1.165, 1.54) is 31.5 Å². The molecule has 2 heterocycles. The molecule has 1 aliphatic heterocycles. The van der Waals surface area contributed by atoms with Crippen molar-refractivity contribution in [3.8, 4) is 11.3 Å². The highest BCUT2D eigenvalue weighted by atomic mass is 16.5. The van der Waals surface area contributed by atoms with E-state index in [1.807, 2.05) is 24.3 Å². The molecule has 4 rings (SSSR count). The number of carbonyl (C=O) groups excluding carboxylic acids is 1. The summed E-state index contributed by atoms with van der Waals surface area (Å²) in [5.41, 5.74) is 2.90. The van der Waals surface area contributed by atoms with Crippen LogP contribution in [-0.4, -0.2) is 28.2 Å². The molecule has 25 heavy (non-hydrogen) atoms. The maximum absolute atomic E-state index is 12.0. The SMILES string of the molecule is O=C(COC1CCCC1)Nc1ccc(-c2cn3c(n2)CCCC3)cc1. The molecule has 2 aliphatic rings. The fraction of sp³-hybridized carbons (Fsp3) is 0.500. The number of benzene rings is 1. The van der Waals surface area contributed by atoms with E-state index in [1.54, 1.807) is 0 Å². The zero-order valence-electron chi connectivity index (χ0n) is 14.5. The Labute approximate surface area is 148 Å². The molecule has 1 saturated carbocycles. The molecular formula is C20H25N3O2. The number of anilines is 1. The lowest BCUT2D eigenvalue weighted by molar-refractivity contribution is -0.122. The normalized spacial score (nSPS) is 17.4. The lowest BCUT2D eigenvalue weighted by Crippen LogP contribution is -2.21. The molecule has 0 saturated heterocycles. The molecule has 1 fully saturated rings.